The Morgan fingerprint density at radius 3 is 2.69 bits per heavy atom. The van der Waals surface area contributed by atoms with Gasteiger partial charge >= 0.3 is 0 Å². The number of nitrogens with zero attached hydrogens (tertiary/aromatic N) is 4. The standard InChI is InChI=1S/C21H16BrN5O2/c1-14-12-16(9-10-18(14)22)23-21(28)19(13-17-8-5-11-29-17)27-20(24-25-26-27)15-6-3-2-4-7-15/h2-13H,1H3,(H,23,28)/b19-13-. The van der Waals surface area contributed by atoms with Gasteiger partial charge in [0, 0.05) is 21.8 Å². The molecule has 0 bridgehead atoms. The molecule has 144 valence electrons. The third-order valence-electron chi connectivity index (χ3n) is 4.20. The number of carbonyl (C=O) groups is 1. The second-order valence-corrected chi connectivity index (χ2v) is 7.10. The van der Waals surface area contributed by atoms with E-state index in [1.165, 1.54) is 10.9 Å². The minimum atomic E-state index is -0.368. The van der Waals surface area contributed by atoms with E-state index >= 15 is 0 Å². The van der Waals surface area contributed by atoms with Crippen LogP contribution in [0, 0.1) is 6.92 Å². The molecule has 7 nitrogen and oxygen atoms in total. The molecule has 2 heterocycles. The zero-order valence-corrected chi connectivity index (χ0v) is 17.0. The van der Waals surface area contributed by atoms with Crippen LogP contribution in [0.25, 0.3) is 23.2 Å². The van der Waals surface area contributed by atoms with E-state index in [4.69, 9.17) is 4.42 Å². The van der Waals surface area contributed by atoms with Crippen LogP contribution in [0.5, 0.6) is 0 Å². The van der Waals surface area contributed by atoms with Crippen molar-refractivity contribution in [2.45, 2.75) is 6.92 Å². The molecule has 0 unspecified atom stereocenters. The van der Waals surface area contributed by atoms with Gasteiger partial charge in [0.15, 0.2) is 5.82 Å². The third-order valence-corrected chi connectivity index (χ3v) is 5.09. The number of aromatic nitrogens is 4. The van der Waals surface area contributed by atoms with E-state index in [1.807, 2.05) is 55.5 Å². The Labute approximate surface area is 175 Å². The third kappa shape index (κ3) is 4.17. The van der Waals surface area contributed by atoms with E-state index in [9.17, 15) is 4.79 Å². The van der Waals surface area contributed by atoms with Crippen molar-refractivity contribution < 1.29 is 9.21 Å². The highest BCUT2D eigenvalue weighted by molar-refractivity contribution is 9.10. The van der Waals surface area contributed by atoms with Crippen molar-refractivity contribution in [3.63, 3.8) is 0 Å². The lowest BCUT2D eigenvalue weighted by molar-refractivity contribution is -0.111. The topological polar surface area (TPSA) is 85.8 Å². The molecule has 0 aliphatic carbocycles. The van der Waals surface area contributed by atoms with Gasteiger partial charge in [-0.3, -0.25) is 4.79 Å². The van der Waals surface area contributed by atoms with Crippen LogP contribution in [0.15, 0.2) is 75.8 Å². The molecule has 0 aliphatic rings. The molecule has 0 fully saturated rings. The van der Waals surface area contributed by atoms with Crippen LogP contribution in [-0.4, -0.2) is 26.1 Å². The van der Waals surface area contributed by atoms with E-state index in [0.717, 1.165) is 15.6 Å². The first-order valence-electron chi connectivity index (χ1n) is 8.79. The van der Waals surface area contributed by atoms with Gasteiger partial charge in [0.25, 0.3) is 5.91 Å². The number of rotatable bonds is 5. The van der Waals surface area contributed by atoms with E-state index in [1.54, 1.807) is 18.2 Å². The number of tetrazole rings is 1. The minimum Gasteiger partial charge on any atom is -0.465 e. The van der Waals surface area contributed by atoms with Crippen LogP contribution in [0.4, 0.5) is 5.69 Å². The number of hydrogen-bond donors (Lipinski definition) is 1. The summed E-state index contributed by atoms with van der Waals surface area (Å²) < 4.78 is 7.77. The lowest BCUT2D eigenvalue weighted by atomic mass is 10.2. The molecule has 0 radical (unpaired) electrons. The van der Waals surface area contributed by atoms with Crippen molar-refractivity contribution in [1.29, 1.82) is 0 Å². The predicted octanol–water partition coefficient (Wildman–Crippen LogP) is 4.64. The number of aryl methyl sites for hydroxylation is 1. The van der Waals surface area contributed by atoms with Crippen molar-refractivity contribution in [2.75, 3.05) is 5.32 Å². The zero-order valence-electron chi connectivity index (χ0n) is 15.4. The number of benzene rings is 2. The first-order chi connectivity index (χ1) is 14.1. The summed E-state index contributed by atoms with van der Waals surface area (Å²) in [6.45, 7) is 1.95. The first-order valence-corrected chi connectivity index (χ1v) is 9.58. The van der Waals surface area contributed by atoms with Crippen molar-refractivity contribution in [3.05, 3.63) is 82.7 Å². The zero-order chi connectivity index (χ0) is 20.2. The van der Waals surface area contributed by atoms with Gasteiger partial charge in [-0.25, -0.2) is 0 Å². The van der Waals surface area contributed by atoms with Gasteiger partial charge < -0.3 is 9.73 Å². The summed E-state index contributed by atoms with van der Waals surface area (Å²) in [6, 6.07) is 18.5. The Balaban J connectivity index is 1.75. The van der Waals surface area contributed by atoms with Gasteiger partial charge in [0.2, 0.25) is 0 Å². The van der Waals surface area contributed by atoms with Crippen LogP contribution < -0.4 is 5.32 Å². The summed E-state index contributed by atoms with van der Waals surface area (Å²) >= 11 is 3.46. The summed E-state index contributed by atoms with van der Waals surface area (Å²) in [5.74, 6) is 0.592. The molecular formula is C21H16BrN5O2. The molecule has 4 aromatic rings. The Morgan fingerprint density at radius 2 is 1.97 bits per heavy atom. The van der Waals surface area contributed by atoms with Crippen LogP contribution >= 0.6 is 15.9 Å². The first kappa shape index (κ1) is 18.8. The lowest BCUT2D eigenvalue weighted by Gasteiger charge is -2.11. The molecule has 8 heteroatoms. The van der Waals surface area contributed by atoms with Gasteiger partial charge in [-0.05, 0) is 53.2 Å². The molecule has 1 N–H and O–H groups in total. The van der Waals surface area contributed by atoms with E-state index < -0.39 is 0 Å². The largest absolute Gasteiger partial charge is 0.465 e. The van der Waals surface area contributed by atoms with Gasteiger partial charge in [0.05, 0.1) is 6.26 Å². The monoisotopic (exact) mass is 449 g/mol. The highest BCUT2D eigenvalue weighted by Gasteiger charge is 2.20. The summed E-state index contributed by atoms with van der Waals surface area (Å²) in [6.07, 6.45) is 3.14. The number of furan rings is 1. The molecule has 0 saturated heterocycles. The summed E-state index contributed by atoms with van der Waals surface area (Å²) in [5, 5.41) is 14.8. The van der Waals surface area contributed by atoms with E-state index in [0.29, 0.717) is 17.3 Å². The Hall–Kier alpha value is -3.52. The molecule has 2 aromatic heterocycles. The predicted molar refractivity (Wildman–Crippen MR) is 114 cm³/mol. The summed E-state index contributed by atoms with van der Waals surface area (Å²) in [5.41, 5.74) is 2.68. The summed E-state index contributed by atoms with van der Waals surface area (Å²) in [4.78, 5) is 13.2. The van der Waals surface area contributed by atoms with Crippen molar-refractivity contribution in [1.82, 2.24) is 20.2 Å². The fraction of sp³-hybridized carbons (Fsp3) is 0.0476. The van der Waals surface area contributed by atoms with Crippen molar-refractivity contribution in [3.8, 4) is 11.4 Å². The average molecular weight is 450 g/mol. The number of halogens is 1. The van der Waals surface area contributed by atoms with E-state index in [-0.39, 0.29) is 11.6 Å². The van der Waals surface area contributed by atoms with Crippen LogP contribution in [0.1, 0.15) is 11.3 Å². The van der Waals surface area contributed by atoms with Gasteiger partial charge in [-0.1, -0.05) is 46.3 Å². The number of nitrogens with one attached hydrogen (secondary N) is 1. The molecule has 0 saturated carbocycles. The van der Waals surface area contributed by atoms with Crippen LogP contribution in [0.3, 0.4) is 0 Å². The maximum absolute atomic E-state index is 13.2. The number of anilines is 1. The molecule has 0 aliphatic heterocycles. The Kier molecular flexibility index (Phi) is 5.35. The van der Waals surface area contributed by atoms with Crippen LogP contribution in [-0.2, 0) is 4.79 Å². The molecular weight excluding hydrogens is 434 g/mol. The van der Waals surface area contributed by atoms with Crippen molar-refractivity contribution >= 4 is 39.3 Å². The second-order valence-electron chi connectivity index (χ2n) is 6.24. The SMILES string of the molecule is Cc1cc(NC(=O)/C(=C/c2ccco2)n2nnnc2-c2ccccc2)ccc1Br. The Bertz CT molecular complexity index is 1170. The van der Waals surface area contributed by atoms with Gasteiger partial charge in [-0.2, -0.15) is 4.68 Å². The second kappa shape index (κ2) is 8.24. The molecule has 29 heavy (non-hydrogen) atoms. The molecule has 0 atom stereocenters. The van der Waals surface area contributed by atoms with Crippen LogP contribution in [0.2, 0.25) is 0 Å². The Morgan fingerprint density at radius 1 is 1.14 bits per heavy atom. The molecule has 4 rings (SSSR count). The maximum atomic E-state index is 13.2. The average Bonchev–Trinajstić information content (AvgIpc) is 3.41. The van der Waals surface area contributed by atoms with E-state index in [2.05, 4.69) is 36.8 Å². The fourth-order valence-corrected chi connectivity index (χ4v) is 3.01. The lowest BCUT2D eigenvalue weighted by Crippen LogP contribution is -2.19. The highest BCUT2D eigenvalue weighted by Crippen LogP contribution is 2.24. The number of hydrogen-bond acceptors (Lipinski definition) is 5. The fourth-order valence-electron chi connectivity index (χ4n) is 2.77. The quantitative estimate of drug-likeness (QED) is 0.448. The number of amides is 1. The highest BCUT2D eigenvalue weighted by atomic mass is 79.9. The summed E-state index contributed by atoms with van der Waals surface area (Å²) in [7, 11) is 0. The smallest absolute Gasteiger partial charge is 0.274 e. The molecule has 0 spiro atoms. The van der Waals surface area contributed by atoms with Gasteiger partial charge in [0.1, 0.15) is 11.5 Å². The van der Waals surface area contributed by atoms with Crippen molar-refractivity contribution in [2.24, 2.45) is 0 Å². The molecule has 2 aromatic carbocycles. The molecule has 1 amide bonds. The van der Waals surface area contributed by atoms with Gasteiger partial charge in [-0.15, -0.1) is 5.10 Å². The number of carbonyl (C=O) groups excluding carboxylic acids is 1. The minimum absolute atomic E-state index is 0.226. The normalized spacial score (nSPS) is 11.4. The maximum Gasteiger partial charge on any atom is 0.274 e.